The molecule has 0 aliphatic rings. The molecule has 0 aliphatic heterocycles. The Morgan fingerprint density at radius 3 is 2.58 bits per heavy atom. The van der Waals surface area contributed by atoms with E-state index in [-0.39, 0.29) is 24.5 Å². The Hall–Kier alpha value is -2.33. The van der Waals surface area contributed by atoms with E-state index in [9.17, 15) is 26.4 Å². The zero-order chi connectivity index (χ0) is 19.4. The number of rotatable bonds is 7. The van der Waals surface area contributed by atoms with E-state index in [1.54, 1.807) is 0 Å². The summed E-state index contributed by atoms with van der Waals surface area (Å²) < 4.78 is 67.4. The summed E-state index contributed by atoms with van der Waals surface area (Å²) in [6.07, 6.45) is -3.33. The molecule has 2 rings (SSSR count). The molecule has 0 aliphatic carbocycles. The first-order valence-electron chi connectivity index (χ1n) is 7.44. The van der Waals surface area contributed by atoms with Crippen LogP contribution in [0.5, 0.6) is 0 Å². The zero-order valence-electron chi connectivity index (χ0n) is 13.4. The number of aliphatic hydroxyl groups is 1. The molecule has 0 saturated carbocycles. The number of amides is 1. The molecule has 1 aromatic carbocycles. The minimum atomic E-state index is -4.49. The summed E-state index contributed by atoms with van der Waals surface area (Å²) in [7, 11) is -3.83. The highest BCUT2D eigenvalue weighted by Gasteiger charge is 2.30. The van der Waals surface area contributed by atoms with Crippen molar-refractivity contribution in [1.29, 1.82) is 0 Å². The second-order valence-electron chi connectivity index (χ2n) is 5.49. The summed E-state index contributed by atoms with van der Waals surface area (Å²) >= 11 is 0. The van der Waals surface area contributed by atoms with Gasteiger partial charge in [-0.2, -0.15) is 13.2 Å². The molecule has 142 valence electrons. The smallest absolute Gasteiger partial charge is 0.416 e. The van der Waals surface area contributed by atoms with Crippen LogP contribution in [-0.2, 0) is 26.6 Å². The number of nitrogens with one attached hydrogen (secondary N) is 1. The van der Waals surface area contributed by atoms with E-state index >= 15 is 0 Å². The van der Waals surface area contributed by atoms with Crippen molar-refractivity contribution in [2.75, 3.05) is 18.9 Å². The lowest BCUT2D eigenvalue weighted by atomic mass is 10.1. The van der Waals surface area contributed by atoms with Gasteiger partial charge in [-0.25, -0.2) is 8.42 Å². The Labute approximate surface area is 147 Å². The number of hydrogen-bond donors (Lipinski definition) is 2. The van der Waals surface area contributed by atoms with Crippen LogP contribution in [0.4, 0.5) is 13.2 Å². The van der Waals surface area contributed by atoms with Gasteiger partial charge >= 0.3 is 6.18 Å². The standard InChI is InChI=1S/C16H16F3NO5S/c17-16(18,19)13-3-1-2-11(6-13)12-7-14(25-8-12)9-26(23,24)10-15(22)20-4-5-21/h1-3,6-8,21H,4-5,9-10H2,(H,20,22). The van der Waals surface area contributed by atoms with Crippen molar-refractivity contribution in [3.8, 4) is 11.1 Å². The summed E-state index contributed by atoms with van der Waals surface area (Å²) in [5.41, 5.74) is -0.301. The fraction of sp³-hybridized carbons (Fsp3) is 0.312. The van der Waals surface area contributed by atoms with Crippen molar-refractivity contribution in [3.05, 3.63) is 47.9 Å². The molecule has 2 aromatic rings. The third-order valence-electron chi connectivity index (χ3n) is 3.32. The normalized spacial score (nSPS) is 12.2. The van der Waals surface area contributed by atoms with Gasteiger partial charge in [0.25, 0.3) is 0 Å². The van der Waals surface area contributed by atoms with Gasteiger partial charge in [-0.3, -0.25) is 4.79 Å². The highest BCUT2D eigenvalue weighted by Crippen LogP contribution is 2.32. The molecule has 6 nitrogen and oxygen atoms in total. The van der Waals surface area contributed by atoms with Crippen LogP contribution in [0, 0.1) is 0 Å². The van der Waals surface area contributed by atoms with Gasteiger partial charge in [0.05, 0.1) is 18.4 Å². The fourth-order valence-corrected chi connectivity index (χ4v) is 3.39. The summed E-state index contributed by atoms with van der Waals surface area (Å²) in [5, 5.41) is 10.8. The van der Waals surface area contributed by atoms with Crippen molar-refractivity contribution >= 4 is 15.7 Å². The average molecular weight is 391 g/mol. The number of halogens is 3. The van der Waals surface area contributed by atoms with E-state index in [1.165, 1.54) is 18.2 Å². The van der Waals surface area contributed by atoms with Crippen molar-refractivity contribution in [1.82, 2.24) is 5.32 Å². The Morgan fingerprint density at radius 1 is 1.19 bits per heavy atom. The Balaban J connectivity index is 2.12. The summed E-state index contributed by atoms with van der Waals surface area (Å²) in [6, 6.07) is 5.87. The second-order valence-corrected chi connectivity index (χ2v) is 7.55. The van der Waals surface area contributed by atoms with Gasteiger partial charge in [-0.1, -0.05) is 12.1 Å². The van der Waals surface area contributed by atoms with Crippen LogP contribution in [0.3, 0.4) is 0 Å². The van der Waals surface area contributed by atoms with Gasteiger partial charge in [-0.15, -0.1) is 0 Å². The SMILES string of the molecule is O=C(CS(=O)(=O)Cc1cc(-c2cccc(C(F)(F)F)c2)co1)NCCO. The third-order valence-corrected chi connectivity index (χ3v) is 4.75. The monoisotopic (exact) mass is 391 g/mol. The zero-order valence-corrected chi connectivity index (χ0v) is 14.2. The van der Waals surface area contributed by atoms with Gasteiger partial charge < -0.3 is 14.8 Å². The van der Waals surface area contributed by atoms with Crippen LogP contribution in [0.15, 0.2) is 41.0 Å². The van der Waals surface area contributed by atoms with Crippen molar-refractivity contribution < 1.29 is 35.9 Å². The maximum Gasteiger partial charge on any atom is 0.416 e. The average Bonchev–Trinajstić information content (AvgIpc) is 2.99. The molecule has 0 bridgehead atoms. The Kier molecular flexibility index (Phi) is 6.09. The van der Waals surface area contributed by atoms with E-state index in [1.807, 2.05) is 0 Å². The minimum absolute atomic E-state index is 0.00682. The van der Waals surface area contributed by atoms with Crippen LogP contribution in [0.1, 0.15) is 11.3 Å². The van der Waals surface area contributed by atoms with Crippen molar-refractivity contribution in [2.45, 2.75) is 11.9 Å². The largest absolute Gasteiger partial charge is 0.468 e. The molecule has 1 heterocycles. The first kappa shape index (κ1) is 20.0. The predicted octanol–water partition coefficient (Wildman–Crippen LogP) is 1.99. The predicted molar refractivity (Wildman–Crippen MR) is 86.7 cm³/mol. The highest BCUT2D eigenvalue weighted by atomic mass is 32.2. The van der Waals surface area contributed by atoms with E-state index in [4.69, 9.17) is 9.52 Å². The number of carbonyl (C=O) groups excluding carboxylic acids is 1. The summed E-state index contributed by atoms with van der Waals surface area (Å²) in [6.45, 7) is -0.376. The lowest BCUT2D eigenvalue weighted by molar-refractivity contribution is -0.137. The molecule has 1 amide bonds. The molecule has 0 unspecified atom stereocenters. The van der Waals surface area contributed by atoms with Crippen LogP contribution >= 0.6 is 0 Å². The molecule has 1 aromatic heterocycles. The van der Waals surface area contributed by atoms with Crippen molar-refractivity contribution in [2.24, 2.45) is 0 Å². The van der Waals surface area contributed by atoms with E-state index in [0.717, 1.165) is 18.4 Å². The number of benzene rings is 1. The third kappa shape index (κ3) is 5.60. The molecule has 10 heteroatoms. The number of carbonyl (C=O) groups is 1. The number of sulfone groups is 1. The topological polar surface area (TPSA) is 96.6 Å². The molecule has 0 spiro atoms. The summed E-state index contributed by atoms with van der Waals surface area (Å²) in [4.78, 5) is 11.4. The number of aliphatic hydroxyl groups excluding tert-OH is 1. The van der Waals surface area contributed by atoms with Crippen LogP contribution < -0.4 is 5.32 Å². The van der Waals surface area contributed by atoms with Gasteiger partial charge in [0.15, 0.2) is 9.84 Å². The highest BCUT2D eigenvalue weighted by molar-refractivity contribution is 7.91. The van der Waals surface area contributed by atoms with Crippen LogP contribution in [0.2, 0.25) is 0 Å². The molecule has 0 atom stereocenters. The first-order chi connectivity index (χ1) is 12.1. The first-order valence-corrected chi connectivity index (χ1v) is 9.26. The second kappa shape index (κ2) is 7.92. The lowest BCUT2D eigenvalue weighted by Gasteiger charge is -2.07. The van der Waals surface area contributed by atoms with Gasteiger partial charge in [0, 0.05) is 12.1 Å². The Bertz CT molecular complexity index is 874. The molecule has 2 N–H and O–H groups in total. The van der Waals surface area contributed by atoms with Crippen molar-refractivity contribution in [3.63, 3.8) is 0 Å². The summed E-state index contributed by atoms with van der Waals surface area (Å²) in [5.74, 6) is -2.11. The molecule has 0 saturated heterocycles. The molecular weight excluding hydrogens is 375 g/mol. The molecule has 0 radical (unpaired) electrons. The number of hydrogen-bond acceptors (Lipinski definition) is 5. The molecule has 0 fully saturated rings. The minimum Gasteiger partial charge on any atom is -0.468 e. The molecule has 26 heavy (non-hydrogen) atoms. The quantitative estimate of drug-likeness (QED) is 0.753. The maximum absolute atomic E-state index is 12.8. The van der Waals surface area contributed by atoms with E-state index in [0.29, 0.717) is 5.56 Å². The Morgan fingerprint density at radius 2 is 1.92 bits per heavy atom. The van der Waals surface area contributed by atoms with E-state index in [2.05, 4.69) is 5.32 Å². The molecular formula is C16H16F3NO5S. The van der Waals surface area contributed by atoms with Gasteiger partial charge in [0.2, 0.25) is 5.91 Å². The van der Waals surface area contributed by atoms with Gasteiger partial charge in [-0.05, 0) is 23.8 Å². The van der Waals surface area contributed by atoms with Crippen LogP contribution in [-0.4, -0.2) is 38.3 Å². The number of furan rings is 1. The van der Waals surface area contributed by atoms with Crippen LogP contribution in [0.25, 0.3) is 11.1 Å². The van der Waals surface area contributed by atoms with Gasteiger partial charge in [0.1, 0.15) is 17.3 Å². The fourth-order valence-electron chi connectivity index (χ4n) is 2.20. The van der Waals surface area contributed by atoms with E-state index < -0.39 is 39.0 Å². The maximum atomic E-state index is 12.8. The number of alkyl halides is 3. The lowest BCUT2D eigenvalue weighted by Crippen LogP contribution is -2.32.